The van der Waals surface area contributed by atoms with Crippen LogP contribution in [0, 0.1) is 0 Å². The number of aromatic nitrogens is 2. The second kappa shape index (κ2) is 8.56. The third kappa shape index (κ3) is 3.55. The first-order valence-electron chi connectivity index (χ1n) is 11.4. The second-order valence-electron chi connectivity index (χ2n) is 8.87. The van der Waals surface area contributed by atoms with Crippen molar-refractivity contribution in [2.45, 2.75) is 50.8 Å². The van der Waals surface area contributed by atoms with Gasteiger partial charge in [0, 0.05) is 31.7 Å². The maximum absolute atomic E-state index is 12.0. The first-order valence-corrected chi connectivity index (χ1v) is 11.4. The number of benzene rings is 2. The maximum atomic E-state index is 12.0. The summed E-state index contributed by atoms with van der Waals surface area (Å²) in [6.07, 6.45) is 2.47. The van der Waals surface area contributed by atoms with E-state index in [2.05, 4.69) is 40.2 Å². The lowest BCUT2D eigenvalue weighted by molar-refractivity contribution is 0.0396. The quantitative estimate of drug-likeness (QED) is 0.649. The van der Waals surface area contributed by atoms with Crippen LogP contribution in [-0.2, 0) is 17.6 Å². The van der Waals surface area contributed by atoms with Crippen molar-refractivity contribution in [3.8, 4) is 0 Å². The summed E-state index contributed by atoms with van der Waals surface area (Å²) >= 11 is 0. The molecule has 0 spiro atoms. The molecule has 1 amide bonds. The zero-order valence-corrected chi connectivity index (χ0v) is 18.6. The number of fused-ring (bicyclic) bond motifs is 3. The normalized spacial score (nSPS) is 23.3. The van der Waals surface area contributed by atoms with E-state index >= 15 is 0 Å². The molecule has 0 aliphatic carbocycles. The number of imidazole rings is 1. The molecule has 2 aliphatic heterocycles. The Morgan fingerprint density at radius 3 is 2.78 bits per heavy atom. The van der Waals surface area contributed by atoms with Gasteiger partial charge in [-0.3, -0.25) is 4.90 Å². The highest BCUT2D eigenvalue weighted by Crippen LogP contribution is 2.38. The van der Waals surface area contributed by atoms with E-state index in [-0.39, 0.29) is 18.2 Å². The number of anilines is 1. The molecule has 0 saturated carbocycles. The van der Waals surface area contributed by atoms with Gasteiger partial charge >= 0.3 is 6.09 Å². The third-order valence-corrected chi connectivity index (χ3v) is 6.96. The summed E-state index contributed by atoms with van der Waals surface area (Å²) in [7, 11) is 1.77. The van der Waals surface area contributed by atoms with E-state index in [4.69, 9.17) is 9.72 Å². The van der Waals surface area contributed by atoms with Crippen LogP contribution < -0.4 is 10.2 Å². The molecule has 7 nitrogen and oxygen atoms in total. The number of nitrogens with zero attached hydrogens (tertiary/aromatic N) is 3. The highest BCUT2D eigenvalue weighted by molar-refractivity contribution is 5.94. The third-order valence-electron chi connectivity index (χ3n) is 6.96. The standard InChI is InChI=1S/C25H30N4O3/c1-16-8-9-18-19(28(16)25(30)31)10-11-21-24(18)27-23(14-17-6-4-3-5-7-17)29(21)20-12-13-26-15-22(20)32-2/h3-7,10-11,16,20,22,26H,8-9,12-15H2,1-2H3,(H,30,31)/t16-,20+,22-/m0/s1. The lowest BCUT2D eigenvalue weighted by Gasteiger charge is -2.34. The van der Waals surface area contributed by atoms with Crippen LogP contribution in [0.15, 0.2) is 42.5 Å². The number of amides is 1. The van der Waals surface area contributed by atoms with Crippen molar-refractivity contribution in [1.82, 2.24) is 14.9 Å². The largest absolute Gasteiger partial charge is 0.465 e. The van der Waals surface area contributed by atoms with Crippen molar-refractivity contribution in [2.75, 3.05) is 25.1 Å². The van der Waals surface area contributed by atoms with E-state index in [1.54, 1.807) is 7.11 Å². The summed E-state index contributed by atoms with van der Waals surface area (Å²) in [4.78, 5) is 18.6. The average molecular weight is 435 g/mol. The Labute approximate surface area is 188 Å². The molecule has 2 aliphatic rings. The second-order valence-corrected chi connectivity index (χ2v) is 8.87. The minimum absolute atomic E-state index is 0.0365. The highest BCUT2D eigenvalue weighted by Gasteiger charge is 2.33. The van der Waals surface area contributed by atoms with Gasteiger partial charge in [0.1, 0.15) is 5.82 Å². The van der Waals surface area contributed by atoms with E-state index in [9.17, 15) is 9.90 Å². The van der Waals surface area contributed by atoms with Crippen molar-refractivity contribution in [1.29, 1.82) is 0 Å². The summed E-state index contributed by atoms with van der Waals surface area (Å²) in [5, 5.41) is 13.3. The summed E-state index contributed by atoms with van der Waals surface area (Å²) in [5.41, 5.74) is 5.03. The molecule has 0 bridgehead atoms. The van der Waals surface area contributed by atoms with Gasteiger partial charge < -0.3 is 19.7 Å². The smallest absolute Gasteiger partial charge is 0.412 e. The Balaban J connectivity index is 1.69. The summed E-state index contributed by atoms with van der Waals surface area (Å²) in [6.45, 7) is 3.71. The number of ether oxygens (including phenoxy) is 1. The van der Waals surface area contributed by atoms with Gasteiger partial charge in [0.2, 0.25) is 0 Å². The minimum atomic E-state index is -0.903. The van der Waals surface area contributed by atoms with Crippen molar-refractivity contribution in [2.24, 2.45) is 0 Å². The first-order chi connectivity index (χ1) is 15.6. The maximum Gasteiger partial charge on any atom is 0.412 e. The molecule has 0 unspecified atom stereocenters. The predicted molar refractivity (Wildman–Crippen MR) is 125 cm³/mol. The lowest BCUT2D eigenvalue weighted by atomic mass is 9.95. The van der Waals surface area contributed by atoms with Crippen LogP contribution in [0.25, 0.3) is 11.0 Å². The number of rotatable bonds is 4. The molecule has 3 heterocycles. The number of nitrogens with one attached hydrogen (secondary N) is 1. The van der Waals surface area contributed by atoms with Gasteiger partial charge in [-0.25, -0.2) is 9.78 Å². The van der Waals surface area contributed by atoms with Gasteiger partial charge in [-0.15, -0.1) is 0 Å². The number of hydrogen-bond donors (Lipinski definition) is 2. The number of hydrogen-bond acceptors (Lipinski definition) is 4. The van der Waals surface area contributed by atoms with Crippen molar-refractivity contribution >= 4 is 22.8 Å². The molecule has 1 fully saturated rings. The molecule has 32 heavy (non-hydrogen) atoms. The zero-order valence-electron chi connectivity index (χ0n) is 18.6. The molecule has 2 aromatic carbocycles. The van der Waals surface area contributed by atoms with Crippen molar-refractivity contribution in [3.05, 3.63) is 59.4 Å². The first kappa shape index (κ1) is 21.0. The van der Waals surface area contributed by atoms with Gasteiger partial charge in [0.25, 0.3) is 0 Å². The van der Waals surface area contributed by atoms with Crippen LogP contribution in [0.2, 0.25) is 0 Å². The van der Waals surface area contributed by atoms with E-state index < -0.39 is 6.09 Å². The number of carboxylic acid groups (broad SMARTS) is 1. The van der Waals surface area contributed by atoms with Crippen LogP contribution in [0.4, 0.5) is 10.5 Å². The van der Waals surface area contributed by atoms with E-state index in [0.29, 0.717) is 0 Å². The van der Waals surface area contributed by atoms with Crippen LogP contribution in [0.3, 0.4) is 0 Å². The van der Waals surface area contributed by atoms with E-state index in [0.717, 1.165) is 66.9 Å². The number of carbonyl (C=O) groups is 1. The van der Waals surface area contributed by atoms with Gasteiger partial charge in [-0.05, 0) is 50.4 Å². The molecule has 7 heteroatoms. The molecule has 5 rings (SSSR count). The number of methoxy groups -OCH3 is 1. The van der Waals surface area contributed by atoms with Crippen LogP contribution in [-0.4, -0.2) is 53.1 Å². The van der Waals surface area contributed by atoms with E-state index in [1.807, 2.05) is 19.1 Å². The number of aryl methyl sites for hydroxylation is 1. The van der Waals surface area contributed by atoms with E-state index in [1.165, 1.54) is 10.5 Å². The SMILES string of the molecule is CO[C@H]1CNCC[C@H]1n1c(Cc2ccccc2)nc2c3c(ccc21)N(C(=O)O)[C@@H](C)CC3. The molecule has 3 atom stereocenters. The van der Waals surface area contributed by atoms with Gasteiger partial charge in [0.15, 0.2) is 0 Å². The Morgan fingerprint density at radius 1 is 1.22 bits per heavy atom. The van der Waals surface area contributed by atoms with Gasteiger partial charge in [-0.2, -0.15) is 0 Å². The molecule has 2 N–H and O–H groups in total. The predicted octanol–water partition coefficient (Wildman–Crippen LogP) is 4.00. The lowest BCUT2D eigenvalue weighted by Crippen LogP contribution is -2.43. The molecular weight excluding hydrogens is 404 g/mol. The molecule has 1 saturated heterocycles. The van der Waals surface area contributed by atoms with Gasteiger partial charge in [-0.1, -0.05) is 30.3 Å². The van der Waals surface area contributed by atoms with Crippen LogP contribution >= 0.6 is 0 Å². The summed E-state index contributed by atoms with van der Waals surface area (Å²) in [6, 6.07) is 14.6. The minimum Gasteiger partial charge on any atom is -0.465 e. The molecule has 168 valence electrons. The number of piperidine rings is 1. The Kier molecular flexibility index (Phi) is 5.61. The zero-order chi connectivity index (χ0) is 22.2. The van der Waals surface area contributed by atoms with Crippen molar-refractivity contribution < 1.29 is 14.6 Å². The fourth-order valence-corrected chi connectivity index (χ4v) is 5.36. The average Bonchev–Trinajstić information content (AvgIpc) is 3.17. The molecule has 0 radical (unpaired) electrons. The Morgan fingerprint density at radius 2 is 2.03 bits per heavy atom. The highest BCUT2D eigenvalue weighted by atomic mass is 16.5. The van der Waals surface area contributed by atoms with Crippen LogP contribution in [0.5, 0.6) is 0 Å². The topological polar surface area (TPSA) is 79.6 Å². The monoisotopic (exact) mass is 434 g/mol. The molecule has 3 aromatic rings. The Bertz CT molecular complexity index is 1130. The van der Waals surface area contributed by atoms with Crippen LogP contribution in [0.1, 0.15) is 42.8 Å². The summed E-state index contributed by atoms with van der Waals surface area (Å²) in [5.74, 6) is 1.01. The fourth-order valence-electron chi connectivity index (χ4n) is 5.36. The molecule has 1 aromatic heterocycles. The van der Waals surface area contributed by atoms with Gasteiger partial charge in [0.05, 0.1) is 28.9 Å². The summed E-state index contributed by atoms with van der Waals surface area (Å²) < 4.78 is 8.22. The Hall–Kier alpha value is -2.90. The fraction of sp³-hybridized carbons (Fsp3) is 0.440. The van der Waals surface area contributed by atoms with Crippen molar-refractivity contribution in [3.63, 3.8) is 0 Å². The molecular formula is C25H30N4O3.